The minimum absolute atomic E-state index is 0.741. The molecule has 0 fully saturated rings. The average Bonchev–Trinajstić information content (AvgIpc) is 2.65. The van der Waals surface area contributed by atoms with Crippen LogP contribution >= 0.6 is 0 Å². The van der Waals surface area contributed by atoms with Crippen LogP contribution in [-0.4, -0.2) is 26.6 Å². The Balaban J connectivity index is 2.47. The van der Waals surface area contributed by atoms with Crippen LogP contribution in [0.25, 0.3) is 11.5 Å². The van der Waals surface area contributed by atoms with Crippen molar-refractivity contribution in [3.05, 3.63) is 24.8 Å². The second kappa shape index (κ2) is 3.45. The lowest BCUT2D eigenvalue weighted by molar-refractivity contribution is 0.915. The Bertz CT molecular complexity index is 434. The van der Waals surface area contributed by atoms with Crippen molar-refractivity contribution < 1.29 is 0 Å². The number of aryl methyl sites for hydroxylation is 1. The van der Waals surface area contributed by atoms with Gasteiger partial charge in [-0.05, 0) is 0 Å². The molecule has 2 rings (SSSR count). The first kappa shape index (κ1) is 8.68. The third-order valence-electron chi connectivity index (χ3n) is 1.94. The highest BCUT2D eigenvalue weighted by Crippen LogP contribution is 2.13. The second-order valence-corrected chi connectivity index (χ2v) is 2.90. The zero-order valence-corrected chi connectivity index (χ0v) is 8.10. The Hall–Kier alpha value is -1.91. The van der Waals surface area contributed by atoms with Crippen molar-refractivity contribution >= 4 is 5.82 Å². The summed E-state index contributed by atoms with van der Waals surface area (Å²) in [6.07, 6.45) is 6.99. The molecule has 0 aromatic carbocycles. The molecular formula is C9H11N5. The van der Waals surface area contributed by atoms with Crippen molar-refractivity contribution in [1.82, 2.24) is 19.5 Å². The van der Waals surface area contributed by atoms with Crippen LogP contribution in [0.1, 0.15) is 0 Å². The molecule has 2 heterocycles. The summed E-state index contributed by atoms with van der Waals surface area (Å²) < 4.78 is 1.91. The van der Waals surface area contributed by atoms with Crippen LogP contribution in [0.15, 0.2) is 24.8 Å². The number of nitrogens with one attached hydrogen (secondary N) is 1. The Morgan fingerprint density at radius 2 is 2.21 bits per heavy atom. The lowest BCUT2D eigenvalue weighted by atomic mass is 10.4. The van der Waals surface area contributed by atoms with Crippen molar-refractivity contribution in [3.8, 4) is 11.5 Å². The summed E-state index contributed by atoms with van der Waals surface area (Å²) in [6.45, 7) is 0. The molecule has 0 saturated heterocycles. The molecule has 0 spiro atoms. The number of hydrogen-bond acceptors (Lipinski definition) is 4. The van der Waals surface area contributed by atoms with E-state index in [1.807, 2.05) is 24.9 Å². The molecule has 0 atom stereocenters. The molecule has 0 bridgehead atoms. The Morgan fingerprint density at radius 3 is 2.86 bits per heavy atom. The van der Waals surface area contributed by atoms with Gasteiger partial charge < -0.3 is 9.88 Å². The fourth-order valence-electron chi connectivity index (χ4n) is 1.21. The highest BCUT2D eigenvalue weighted by Gasteiger charge is 2.05. The quantitative estimate of drug-likeness (QED) is 0.763. The van der Waals surface area contributed by atoms with Crippen molar-refractivity contribution in [2.75, 3.05) is 12.4 Å². The van der Waals surface area contributed by atoms with Gasteiger partial charge in [0, 0.05) is 26.5 Å². The number of anilines is 1. The standard InChI is InChI=1S/C9H11N5/c1-10-8-6-11-5-7(13-8)9-12-3-4-14(9)2/h3-6H,1-2H3,(H,10,13). The average molecular weight is 189 g/mol. The van der Waals surface area contributed by atoms with E-state index < -0.39 is 0 Å². The predicted octanol–water partition coefficient (Wildman–Crippen LogP) is 0.919. The molecule has 2 aromatic heterocycles. The smallest absolute Gasteiger partial charge is 0.160 e. The molecule has 0 amide bonds. The van der Waals surface area contributed by atoms with E-state index >= 15 is 0 Å². The van der Waals surface area contributed by atoms with Gasteiger partial charge >= 0.3 is 0 Å². The SMILES string of the molecule is CNc1cncc(-c2nccn2C)n1. The van der Waals surface area contributed by atoms with Gasteiger partial charge in [0.15, 0.2) is 5.82 Å². The number of nitrogens with zero attached hydrogens (tertiary/aromatic N) is 4. The molecule has 5 heteroatoms. The van der Waals surface area contributed by atoms with Crippen molar-refractivity contribution in [2.24, 2.45) is 7.05 Å². The molecular weight excluding hydrogens is 178 g/mol. The third-order valence-corrected chi connectivity index (χ3v) is 1.94. The maximum Gasteiger partial charge on any atom is 0.160 e. The molecule has 72 valence electrons. The Morgan fingerprint density at radius 1 is 1.36 bits per heavy atom. The van der Waals surface area contributed by atoms with Gasteiger partial charge in [-0.3, -0.25) is 4.98 Å². The van der Waals surface area contributed by atoms with Gasteiger partial charge in [-0.15, -0.1) is 0 Å². The molecule has 0 aliphatic heterocycles. The first-order valence-corrected chi connectivity index (χ1v) is 4.29. The topological polar surface area (TPSA) is 55.6 Å². The molecule has 5 nitrogen and oxygen atoms in total. The van der Waals surface area contributed by atoms with Crippen LogP contribution < -0.4 is 5.32 Å². The van der Waals surface area contributed by atoms with E-state index in [4.69, 9.17) is 0 Å². The molecule has 0 radical (unpaired) electrons. The summed E-state index contributed by atoms with van der Waals surface area (Å²) in [7, 11) is 3.74. The van der Waals surface area contributed by atoms with Gasteiger partial charge in [0.1, 0.15) is 11.5 Å². The van der Waals surface area contributed by atoms with E-state index in [1.54, 1.807) is 18.6 Å². The van der Waals surface area contributed by atoms with E-state index in [0.717, 1.165) is 17.3 Å². The van der Waals surface area contributed by atoms with Gasteiger partial charge in [-0.1, -0.05) is 0 Å². The summed E-state index contributed by atoms with van der Waals surface area (Å²) in [5.41, 5.74) is 0.768. The van der Waals surface area contributed by atoms with Crippen LogP contribution in [0, 0.1) is 0 Å². The minimum atomic E-state index is 0.741. The normalized spacial score (nSPS) is 10.1. The van der Waals surface area contributed by atoms with Gasteiger partial charge in [0.25, 0.3) is 0 Å². The summed E-state index contributed by atoms with van der Waals surface area (Å²) in [5.74, 6) is 1.56. The summed E-state index contributed by atoms with van der Waals surface area (Å²) in [5, 5.41) is 2.94. The summed E-state index contributed by atoms with van der Waals surface area (Å²) in [4.78, 5) is 12.6. The first-order valence-electron chi connectivity index (χ1n) is 4.29. The van der Waals surface area contributed by atoms with Crippen LogP contribution in [0.5, 0.6) is 0 Å². The van der Waals surface area contributed by atoms with Crippen LogP contribution in [-0.2, 0) is 7.05 Å². The minimum Gasteiger partial charge on any atom is -0.372 e. The maximum atomic E-state index is 4.34. The number of imidazole rings is 1. The lowest BCUT2D eigenvalue weighted by Gasteiger charge is -2.02. The van der Waals surface area contributed by atoms with E-state index in [9.17, 15) is 0 Å². The maximum absolute atomic E-state index is 4.34. The number of aromatic nitrogens is 4. The molecule has 1 N–H and O–H groups in total. The van der Waals surface area contributed by atoms with Gasteiger partial charge in [0.2, 0.25) is 0 Å². The predicted molar refractivity (Wildman–Crippen MR) is 53.8 cm³/mol. The van der Waals surface area contributed by atoms with Crippen LogP contribution in [0.3, 0.4) is 0 Å². The molecule has 14 heavy (non-hydrogen) atoms. The van der Waals surface area contributed by atoms with Gasteiger partial charge in [-0.25, -0.2) is 9.97 Å². The second-order valence-electron chi connectivity index (χ2n) is 2.90. The largest absolute Gasteiger partial charge is 0.372 e. The van der Waals surface area contributed by atoms with E-state index in [0.29, 0.717) is 0 Å². The van der Waals surface area contributed by atoms with Crippen molar-refractivity contribution in [2.45, 2.75) is 0 Å². The monoisotopic (exact) mass is 189 g/mol. The molecule has 0 unspecified atom stereocenters. The number of hydrogen-bond donors (Lipinski definition) is 1. The zero-order chi connectivity index (χ0) is 9.97. The molecule has 0 aliphatic carbocycles. The van der Waals surface area contributed by atoms with Crippen molar-refractivity contribution in [3.63, 3.8) is 0 Å². The van der Waals surface area contributed by atoms with E-state index in [2.05, 4.69) is 20.3 Å². The van der Waals surface area contributed by atoms with Gasteiger partial charge in [-0.2, -0.15) is 0 Å². The zero-order valence-electron chi connectivity index (χ0n) is 8.10. The third kappa shape index (κ3) is 1.44. The highest BCUT2D eigenvalue weighted by molar-refractivity contribution is 5.51. The summed E-state index contributed by atoms with van der Waals surface area (Å²) in [6, 6.07) is 0. The fourth-order valence-corrected chi connectivity index (χ4v) is 1.21. The lowest BCUT2D eigenvalue weighted by Crippen LogP contribution is -1.98. The Labute approximate surface area is 81.8 Å². The van der Waals surface area contributed by atoms with E-state index in [1.165, 1.54) is 0 Å². The van der Waals surface area contributed by atoms with E-state index in [-0.39, 0.29) is 0 Å². The Kier molecular flexibility index (Phi) is 2.14. The number of rotatable bonds is 2. The van der Waals surface area contributed by atoms with Crippen LogP contribution in [0.4, 0.5) is 5.82 Å². The van der Waals surface area contributed by atoms with Crippen molar-refractivity contribution in [1.29, 1.82) is 0 Å². The molecule has 0 aliphatic rings. The van der Waals surface area contributed by atoms with Gasteiger partial charge in [0.05, 0.1) is 12.4 Å². The van der Waals surface area contributed by atoms with Crippen LogP contribution in [0.2, 0.25) is 0 Å². The molecule has 0 saturated carbocycles. The fraction of sp³-hybridized carbons (Fsp3) is 0.222. The first-order chi connectivity index (χ1) is 6.81. The summed E-state index contributed by atoms with van der Waals surface area (Å²) >= 11 is 0. The molecule has 2 aromatic rings. The highest BCUT2D eigenvalue weighted by atomic mass is 15.1.